The lowest BCUT2D eigenvalue weighted by atomic mass is 10.1. The molecule has 0 radical (unpaired) electrons. The highest BCUT2D eigenvalue weighted by Crippen LogP contribution is 2.19. The molecule has 1 N–H and O–H groups in total. The van der Waals surface area contributed by atoms with Crippen molar-refractivity contribution in [3.63, 3.8) is 0 Å². The van der Waals surface area contributed by atoms with Gasteiger partial charge in [-0.05, 0) is 31.3 Å². The van der Waals surface area contributed by atoms with Gasteiger partial charge in [-0.3, -0.25) is 4.79 Å². The second-order valence-electron chi connectivity index (χ2n) is 3.68. The van der Waals surface area contributed by atoms with Crippen LogP contribution in [0.2, 0.25) is 0 Å². The number of thiocarbonyl (C=S) groups is 1. The van der Waals surface area contributed by atoms with Crippen LogP contribution in [0.25, 0.3) is 0 Å². The quantitative estimate of drug-likeness (QED) is 0.850. The molecule has 0 aliphatic carbocycles. The lowest BCUT2D eigenvalue weighted by molar-refractivity contribution is -0.112. The van der Waals surface area contributed by atoms with Crippen LogP contribution in [0.15, 0.2) is 27.8 Å². The molecule has 0 fully saturated rings. The summed E-state index contributed by atoms with van der Waals surface area (Å²) in [6.45, 7) is 2.38. The number of carbonyl (C=O) groups is 1. The van der Waals surface area contributed by atoms with Crippen molar-refractivity contribution in [3.05, 3.63) is 24.2 Å². The molecule has 1 atom stereocenters. The second kappa shape index (κ2) is 5.46. The van der Waals surface area contributed by atoms with Gasteiger partial charge < -0.3 is 9.73 Å². The van der Waals surface area contributed by atoms with E-state index < -0.39 is 0 Å². The Morgan fingerprint density at radius 2 is 2.59 bits per heavy atom. The van der Waals surface area contributed by atoms with E-state index in [0.29, 0.717) is 17.4 Å². The molecule has 0 bridgehead atoms. The van der Waals surface area contributed by atoms with Crippen molar-refractivity contribution in [3.8, 4) is 0 Å². The van der Waals surface area contributed by atoms with Gasteiger partial charge in [0, 0.05) is 12.3 Å². The molecule has 4 nitrogen and oxygen atoms in total. The molecule has 90 valence electrons. The maximum Gasteiger partial charge on any atom is 0.199 e. The van der Waals surface area contributed by atoms with Crippen molar-refractivity contribution in [2.45, 2.75) is 12.7 Å². The highest BCUT2D eigenvalue weighted by atomic mass is 32.2. The van der Waals surface area contributed by atoms with Crippen molar-refractivity contribution >= 4 is 39.9 Å². The molecule has 0 saturated heterocycles. The van der Waals surface area contributed by atoms with Crippen LogP contribution in [0, 0.1) is 5.92 Å². The number of nitrogens with one attached hydrogen (secondary N) is 1. The maximum absolute atomic E-state index is 12.0. The fourth-order valence-electron chi connectivity index (χ4n) is 1.51. The topological polar surface area (TPSA) is 54.6 Å². The molecule has 1 aromatic heterocycles. The zero-order valence-corrected chi connectivity index (χ0v) is 10.9. The average Bonchev–Trinajstić information content (AvgIpc) is 2.78. The minimum atomic E-state index is -0.193. The van der Waals surface area contributed by atoms with E-state index in [1.54, 1.807) is 6.26 Å². The average molecular weight is 268 g/mol. The molecule has 0 aromatic carbocycles. The molecule has 0 saturated carbocycles. The summed E-state index contributed by atoms with van der Waals surface area (Å²) in [5, 5.41) is 3.48. The lowest BCUT2D eigenvalue weighted by Gasteiger charge is -2.20. The van der Waals surface area contributed by atoms with Crippen molar-refractivity contribution in [2.75, 3.05) is 6.54 Å². The third-order valence-corrected chi connectivity index (χ3v) is 3.69. The van der Waals surface area contributed by atoms with Gasteiger partial charge in [-0.25, -0.2) is 4.99 Å². The van der Waals surface area contributed by atoms with Gasteiger partial charge in [-0.1, -0.05) is 11.8 Å². The number of thioether (sulfide) groups is 1. The summed E-state index contributed by atoms with van der Waals surface area (Å²) < 4.78 is 5.18. The third kappa shape index (κ3) is 3.17. The molecule has 2 rings (SSSR count). The summed E-state index contributed by atoms with van der Waals surface area (Å²) in [5.74, 6) is 1.17. The number of rotatable bonds is 3. The van der Waals surface area contributed by atoms with E-state index in [4.69, 9.17) is 16.6 Å². The number of hydrogen-bond donors (Lipinski definition) is 1. The van der Waals surface area contributed by atoms with E-state index in [0.717, 1.165) is 11.5 Å². The van der Waals surface area contributed by atoms with E-state index in [9.17, 15) is 4.79 Å². The molecule has 0 spiro atoms. The van der Waals surface area contributed by atoms with Crippen LogP contribution in [0.4, 0.5) is 0 Å². The van der Waals surface area contributed by atoms with Crippen LogP contribution < -0.4 is 5.32 Å². The molecule has 1 aliphatic rings. The fourth-order valence-corrected chi connectivity index (χ4v) is 2.64. The standard InChI is InChI=1S/C11H12N2O2S2/c1-7-9(5-12-11(16)13-7)10(14)17-6-8-3-2-4-15-8/h2-4,9H,5-6H2,1H3,(H,12,16). The SMILES string of the molecule is CC1=NC(=S)NCC1C(=O)SCc1ccco1. The molecule has 1 aliphatic heterocycles. The first-order valence-electron chi connectivity index (χ1n) is 5.19. The third-order valence-electron chi connectivity index (χ3n) is 2.46. The Balaban J connectivity index is 1.92. The maximum atomic E-state index is 12.0. The zero-order chi connectivity index (χ0) is 12.3. The van der Waals surface area contributed by atoms with Gasteiger partial charge in [0.1, 0.15) is 5.76 Å². The Hall–Kier alpha value is -1.14. The van der Waals surface area contributed by atoms with Gasteiger partial charge in [0.05, 0.1) is 17.9 Å². The van der Waals surface area contributed by atoms with Crippen molar-refractivity contribution in [2.24, 2.45) is 10.9 Å². The van der Waals surface area contributed by atoms with E-state index >= 15 is 0 Å². The van der Waals surface area contributed by atoms with E-state index in [1.807, 2.05) is 19.1 Å². The first kappa shape index (κ1) is 12.3. The summed E-state index contributed by atoms with van der Waals surface area (Å²) in [5.41, 5.74) is 0.783. The second-order valence-corrected chi connectivity index (χ2v) is 5.05. The van der Waals surface area contributed by atoms with Crippen LogP contribution in [-0.4, -0.2) is 22.5 Å². The summed E-state index contributed by atoms with van der Waals surface area (Å²) >= 11 is 6.17. The lowest BCUT2D eigenvalue weighted by Crippen LogP contribution is -2.39. The van der Waals surface area contributed by atoms with Crippen LogP contribution in [-0.2, 0) is 10.5 Å². The Morgan fingerprint density at radius 3 is 3.24 bits per heavy atom. The van der Waals surface area contributed by atoms with Crippen molar-refractivity contribution in [1.29, 1.82) is 0 Å². The summed E-state index contributed by atoms with van der Waals surface area (Å²) in [7, 11) is 0. The number of carbonyl (C=O) groups excluding carboxylic acids is 1. The van der Waals surface area contributed by atoms with Crippen LogP contribution in [0.3, 0.4) is 0 Å². The number of aliphatic imine (C=N–C) groups is 1. The van der Waals surface area contributed by atoms with E-state index in [2.05, 4.69) is 10.3 Å². The van der Waals surface area contributed by atoms with Gasteiger partial charge in [0.2, 0.25) is 0 Å². The largest absolute Gasteiger partial charge is 0.468 e. The molecule has 2 heterocycles. The zero-order valence-electron chi connectivity index (χ0n) is 9.30. The van der Waals surface area contributed by atoms with Crippen molar-refractivity contribution in [1.82, 2.24) is 5.32 Å². The Kier molecular flexibility index (Phi) is 3.96. The first-order chi connectivity index (χ1) is 8.16. The van der Waals surface area contributed by atoms with Gasteiger partial charge in [0.25, 0.3) is 0 Å². The predicted octanol–water partition coefficient (Wildman–Crippen LogP) is 2.00. The normalized spacial score (nSPS) is 19.7. The predicted molar refractivity (Wildman–Crippen MR) is 72.2 cm³/mol. The van der Waals surface area contributed by atoms with Gasteiger partial charge in [-0.15, -0.1) is 0 Å². The van der Waals surface area contributed by atoms with Gasteiger partial charge in [-0.2, -0.15) is 0 Å². The number of nitrogens with zero attached hydrogens (tertiary/aromatic N) is 1. The van der Waals surface area contributed by atoms with Gasteiger partial charge >= 0.3 is 0 Å². The number of hydrogen-bond acceptors (Lipinski definition) is 4. The smallest absolute Gasteiger partial charge is 0.199 e. The Labute approximate surface area is 109 Å². The van der Waals surface area contributed by atoms with Gasteiger partial charge in [0.15, 0.2) is 10.2 Å². The number of furan rings is 1. The summed E-state index contributed by atoms with van der Waals surface area (Å²) in [6, 6.07) is 3.67. The Bertz CT molecular complexity index is 454. The highest BCUT2D eigenvalue weighted by Gasteiger charge is 2.25. The molecule has 1 aromatic rings. The monoisotopic (exact) mass is 268 g/mol. The molecule has 6 heteroatoms. The minimum Gasteiger partial charge on any atom is -0.468 e. The molecule has 17 heavy (non-hydrogen) atoms. The highest BCUT2D eigenvalue weighted by molar-refractivity contribution is 8.13. The molecule has 0 amide bonds. The van der Waals surface area contributed by atoms with Crippen LogP contribution >= 0.6 is 24.0 Å². The van der Waals surface area contributed by atoms with Crippen molar-refractivity contribution < 1.29 is 9.21 Å². The fraction of sp³-hybridized carbons (Fsp3) is 0.364. The van der Waals surface area contributed by atoms with E-state index in [1.165, 1.54) is 11.8 Å². The summed E-state index contributed by atoms with van der Waals surface area (Å²) in [4.78, 5) is 16.1. The molecular weight excluding hydrogens is 256 g/mol. The first-order valence-corrected chi connectivity index (χ1v) is 6.58. The van der Waals surface area contributed by atoms with E-state index in [-0.39, 0.29) is 11.0 Å². The minimum absolute atomic E-state index is 0.0950. The Morgan fingerprint density at radius 1 is 1.76 bits per heavy atom. The summed E-state index contributed by atoms with van der Waals surface area (Å²) in [6.07, 6.45) is 1.60. The van der Waals surface area contributed by atoms with Crippen LogP contribution in [0.5, 0.6) is 0 Å². The molecule has 1 unspecified atom stereocenters. The van der Waals surface area contributed by atoms with Crippen LogP contribution in [0.1, 0.15) is 12.7 Å². The molecular formula is C11H12N2O2S2.